The van der Waals surface area contributed by atoms with Crippen molar-refractivity contribution in [3.05, 3.63) is 50.9 Å². The van der Waals surface area contributed by atoms with Crippen LogP contribution in [-0.4, -0.2) is 30.9 Å². The smallest absolute Gasteiger partial charge is 0.330 e. The summed E-state index contributed by atoms with van der Waals surface area (Å²) in [5, 5.41) is 0.545. The molecule has 7 nitrogen and oxygen atoms in total. The molecule has 154 valence electrons. The largest absolute Gasteiger partial charge is 0.363 e. The minimum Gasteiger partial charge on any atom is -0.363 e. The molecule has 0 saturated heterocycles. The number of fused-ring (bicyclic) bond motifs is 2. The number of hydrogen-bond acceptors (Lipinski definition) is 5. The zero-order valence-corrected chi connectivity index (χ0v) is 18.0. The molecule has 1 aliphatic heterocycles. The van der Waals surface area contributed by atoms with Gasteiger partial charge in [-0.1, -0.05) is 32.4 Å². The maximum Gasteiger partial charge on any atom is 0.330 e. The van der Waals surface area contributed by atoms with Crippen LogP contribution in [0.4, 0.5) is 5.69 Å². The number of aromatic nitrogens is 4. The van der Waals surface area contributed by atoms with Crippen LogP contribution in [0.2, 0.25) is 0 Å². The van der Waals surface area contributed by atoms with Crippen molar-refractivity contribution in [2.45, 2.75) is 56.3 Å². The number of aryl methyl sites for hydroxylation is 2. The molecule has 0 fully saturated rings. The summed E-state index contributed by atoms with van der Waals surface area (Å²) in [4.78, 5) is 35.7. The Hall–Kier alpha value is -2.48. The highest BCUT2D eigenvalue weighted by molar-refractivity contribution is 8.00. The number of para-hydroxylation sites is 1. The van der Waals surface area contributed by atoms with Crippen LogP contribution in [0, 0.1) is 0 Å². The van der Waals surface area contributed by atoms with Gasteiger partial charge in [0.05, 0.1) is 12.2 Å². The number of H-pyrrole nitrogens is 1. The molecule has 0 amide bonds. The van der Waals surface area contributed by atoms with Gasteiger partial charge in [0, 0.05) is 30.3 Å². The molecule has 4 rings (SSSR count). The second-order valence-electron chi connectivity index (χ2n) is 7.63. The van der Waals surface area contributed by atoms with Crippen molar-refractivity contribution in [1.82, 2.24) is 19.1 Å². The molecular formula is C21H27N5O2S. The van der Waals surface area contributed by atoms with Crippen molar-refractivity contribution in [3.63, 3.8) is 0 Å². The highest BCUT2D eigenvalue weighted by Gasteiger charge is 2.23. The van der Waals surface area contributed by atoms with Gasteiger partial charge in [-0.25, -0.2) is 9.78 Å². The SMILES string of the molecule is CCCCn1c(=O)[nH]c(=O)c2c1nc(CN1CCC(C)Sc3ccccc31)n2C. The summed E-state index contributed by atoms with van der Waals surface area (Å²) in [7, 11) is 1.86. The second kappa shape index (κ2) is 8.10. The van der Waals surface area contributed by atoms with Crippen molar-refractivity contribution < 1.29 is 0 Å². The first-order valence-electron chi connectivity index (χ1n) is 10.2. The summed E-state index contributed by atoms with van der Waals surface area (Å²) in [6.07, 6.45) is 2.90. The van der Waals surface area contributed by atoms with Gasteiger partial charge >= 0.3 is 5.69 Å². The average Bonchev–Trinajstić information content (AvgIpc) is 2.92. The van der Waals surface area contributed by atoms with Gasteiger partial charge in [0.15, 0.2) is 11.2 Å². The molecule has 2 aromatic heterocycles. The van der Waals surface area contributed by atoms with Crippen LogP contribution >= 0.6 is 11.8 Å². The van der Waals surface area contributed by atoms with E-state index in [0.29, 0.717) is 29.5 Å². The van der Waals surface area contributed by atoms with Crippen LogP contribution in [0.5, 0.6) is 0 Å². The fourth-order valence-electron chi connectivity index (χ4n) is 3.84. The summed E-state index contributed by atoms with van der Waals surface area (Å²) >= 11 is 1.90. The number of nitrogens with one attached hydrogen (secondary N) is 1. The predicted octanol–water partition coefficient (Wildman–Crippen LogP) is 3.11. The molecule has 1 atom stereocenters. The first-order valence-corrected chi connectivity index (χ1v) is 11.1. The molecule has 0 aliphatic carbocycles. The van der Waals surface area contributed by atoms with Crippen LogP contribution in [-0.2, 0) is 20.1 Å². The molecule has 1 aliphatic rings. The molecule has 0 bridgehead atoms. The first kappa shape index (κ1) is 19.8. The molecule has 3 heterocycles. The quantitative estimate of drug-likeness (QED) is 0.696. The summed E-state index contributed by atoms with van der Waals surface area (Å²) < 4.78 is 3.43. The molecular weight excluding hydrogens is 386 g/mol. The molecule has 0 saturated carbocycles. The summed E-state index contributed by atoms with van der Waals surface area (Å²) in [5.41, 5.74) is 1.38. The number of imidazole rings is 1. The number of benzene rings is 1. The van der Waals surface area contributed by atoms with E-state index in [1.807, 2.05) is 23.4 Å². The van der Waals surface area contributed by atoms with E-state index in [1.54, 1.807) is 4.57 Å². The van der Waals surface area contributed by atoms with Crippen LogP contribution in [0.15, 0.2) is 38.8 Å². The number of aromatic amines is 1. The fourth-order valence-corrected chi connectivity index (χ4v) is 4.97. The van der Waals surface area contributed by atoms with Gasteiger partial charge in [-0.2, -0.15) is 0 Å². The van der Waals surface area contributed by atoms with E-state index >= 15 is 0 Å². The molecule has 1 N–H and O–H groups in total. The summed E-state index contributed by atoms with van der Waals surface area (Å²) in [5.74, 6) is 0.788. The van der Waals surface area contributed by atoms with Crippen LogP contribution < -0.4 is 16.1 Å². The van der Waals surface area contributed by atoms with Gasteiger partial charge in [-0.3, -0.25) is 14.3 Å². The van der Waals surface area contributed by atoms with Crippen molar-refractivity contribution in [3.8, 4) is 0 Å². The highest BCUT2D eigenvalue weighted by atomic mass is 32.2. The molecule has 3 aromatic rings. The fraction of sp³-hybridized carbons (Fsp3) is 0.476. The zero-order chi connectivity index (χ0) is 20.5. The third-order valence-electron chi connectivity index (χ3n) is 5.51. The van der Waals surface area contributed by atoms with Crippen molar-refractivity contribution in [2.24, 2.45) is 7.05 Å². The Morgan fingerprint density at radius 2 is 2.07 bits per heavy atom. The van der Waals surface area contributed by atoms with Crippen molar-refractivity contribution in [2.75, 3.05) is 11.4 Å². The number of thioether (sulfide) groups is 1. The molecule has 29 heavy (non-hydrogen) atoms. The molecule has 1 aromatic carbocycles. The van der Waals surface area contributed by atoms with Crippen LogP contribution in [0.25, 0.3) is 11.2 Å². The first-order chi connectivity index (χ1) is 14.0. The number of anilines is 1. The molecule has 1 unspecified atom stereocenters. The number of nitrogens with zero attached hydrogens (tertiary/aromatic N) is 4. The minimum absolute atomic E-state index is 0.376. The average molecular weight is 414 g/mol. The monoisotopic (exact) mass is 413 g/mol. The van der Waals surface area contributed by atoms with E-state index < -0.39 is 0 Å². The lowest BCUT2D eigenvalue weighted by molar-refractivity contribution is 0.613. The van der Waals surface area contributed by atoms with Gasteiger partial charge in [0.1, 0.15) is 5.82 Å². The Morgan fingerprint density at radius 3 is 2.86 bits per heavy atom. The highest BCUT2D eigenvalue weighted by Crippen LogP contribution is 2.37. The van der Waals surface area contributed by atoms with Crippen molar-refractivity contribution in [1.29, 1.82) is 0 Å². The number of unbranched alkanes of at least 4 members (excludes halogenated alkanes) is 1. The third-order valence-corrected chi connectivity index (χ3v) is 6.75. The Morgan fingerprint density at radius 1 is 1.28 bits per heavy atom. The van der Waals surface area contributed by atoms with Gasteiger partial charge in [-0.05, 0) is 25.0 Å². The molecule has 0 spiro atoms. The van der Waals surface area contributed by atoms with Gasteiger partial charge in [0.25, 0.3) is 5.56 Å². The van der Waals surface area contributed by atoms with Crippen LogP contribution in [0.3, 0.4) is 0 Å². The maximum atomic E-state index is 12.5. The lowest BCUT2D eigenvalue weighted by Crippen LogP contribution is -2.31. The Kier molecular flexibility index (Phi) is 5.54. The van der Waals surface area contributed by atoms with E-state index in [0.717, 1.165) is 31.6 Å². The Labute approximate surface area is 173 Å². The van der Waals surface area contributed by atoms with E-state index in [4.69, 9.17) is 4.98 Å². The molecule has 0 radical (unpaired) electrons. The van der Waals surface area contributed by atoms with Crippen LogP contribution in [0.1, 0.15) is 38.9 Å². The van der Waals surface area contributed by atoms with E-state index in [-0.39, 0.29) is 11.2 Å². The summed E-state index contributed by atoms with van der Waals surface area (Å²) in [6.45, 7) is 6.41. The number of rotatable bonds is 5. The van der Waals surface area contributed by atoms with E-state index in [1.165, 1.54) is 10.6 Å². The Bertz CT molecular complexity index is 1150. The summed E-state index contributed by atoms with van der Waals surface area (Å²) in [6, 6.07) is 8.44. The second-order valence-corrected chi connectivity index (χ2v) is 9.11. The predicted molar refractivity (Wildman–Crippen MR) is 118 cm³/mol. The van der Waals surface area contributed by atoms with Gasteiger partial charge < -0.3 is 9.47 Å². The van der Waals surface area contributed by atoms with E-state index in [9.17, 15) is 9.59 Å². The Balaban J connectivity index is 1.77. The van der Waals surface area contributed by atoms with Crippen molar-refractivity contribution >= 4 is 28.6 Å². The third kappa shape index (κ3) is 3.73. The van der Waals surface area contributed by atoms with Gasteiger partial charge in [-0.15, -0.1) is 11.8 Å². The minimum atomic E-state index is -0.383. The molecule has 8 heteroatoms. The van der Waals surface area contributed by atoms with E-state index in [2.05, 4.69) is 48.0 Å². The van der Waals surface area contributed by atoms with Gasteiger partial charge in [0.2, 0.25) is 0 Å². The zero-order valence-electron chi connectivity index (χ0n) is 17.1. The lowest BCUT2D eigenvalue weighted by Gasteiger charge is -2.24. The standard InChI is InChI=1S/C21H27N5O2S/c1-4-5-11-26-19-18(20(27)23-21(26)28)24(3)17(22-19)13-25-12-10-14(2)29-16-9-7-6-8-15(16)25/h6-9,14H,4-5,10-13H2,1-3H3,(H,23,27,28). The normalized spacial score (nSPS) is 16.8. The number of hydrogen-bond donors (Lipinski definition) is 1. The topological polar surface area (TPSA) is 75.9 Å². The maximum absolute atomic E-state index is 12.5. The lowest BCUT2D eigenvalue weighted by atomic mass is 10.2.